The summed E-state index contributed by atoms with van der Waals surface area (Å²) in [6.07, 6.45) is 1.92. The lowest BCUT2D eigenvalue weighted by molar-refractivity contribution is 0.0725. The van der Waals surface area contributed by atoms with Gasteiger partial charge in [0.2, 0.25) is 0 Å². The zero-order chi connectivity index (χ0) is 13.6. The molecule has 18 heavy (non-hydrogen) atoms. The third-order valence-electron chi connectivity index (χ3n) is 2.42. The zero-order valence-electron chi connectivity index (χ0n) is 10.9. The van der Waals surface area contributed by atoms with E-state index >= 15 is 0 Å². The average molecular weight is 269 g/mol. The Bertz CT molecular complexity index is 407. The topological polar surface area (TPSA) is 58.6 Å². The van der Waals surface area contributed by atoms with Crippen LogP contribution in [0.1, 0.15) is 17.3 Å². The van der Waals surface area contributed by atoms with Crippen molar-refractivity contribution in [2.45, 2.75) is 12.5 Å². The van der Waals surface area contributed by atoms with E-state index in [0.29, 0.717) is 17.1 Å². The number of benzene rings is 1. The molecule has 0 heterocycles. The summed E-state index contributed by atoms with van der Waals surface area (Å²) < 4.78 is 5.06. The fraction of sp³-hybridized carbons (Fsp3) is 0.462. The maximum Gasteiger partial charge on any atom is 0.251 e. The summed E-state index contributed by atoms with van der Waals surface area (Å²) >= 11 is 1.54. The first-order chi connectivity index (χ1) is 8.48. The molecule has 1 aromatic carbocycles. The van der Waals surface area contributed by atoms with Crippen LogP contribution in [0.15, 0.2) is 24.3 Å². The van der Waals surface area contributed by atoms with Crippen LogP contribution in [0.5, 0.6) is 5.75 Å². The average Bonchev–Trinajstić information content (AvgIpc) is 2.36. The summed E-state index contributed by atoms with van der Waals surface area (Å²) in [5, 5.41) is 12.7. The van der Waals surface area contributed by atoms with Crippen molar-refractivity contribution in [1.82, 2.24) is 5.32 Å². The van der Waals surface area contributed by atoms with Crippen LogP contribution in [0.2, 0.25) is 0 Å². The summed E-state index contributed by atoms with van der Waals surface area (Å²) in [6, 6.07) is 6.91. The Balaban J connectivity index is 2.60. The monoisotopic (exact) mass is 269 g/mol. The van der Waals surface area contributed by atoms with Gasteiger partial charge in [-0.1, -0.05) is 6.07 Å². The fourth-order valence-corrected chi connectivity index (χ4v) is 2.22. The second kappa shape index (κ2) is 6.66. The lowest BCUT2D eigenvalue weighted by Gasteiger charge is -2.22. The predicted molar refractivity (Wildman–Crippen MR) is 74.3 cm³/mol. The van der Waals surface area contributed by atoms with E-state index in [-0.39, 0.29) is 12.5 Å². The van der Waals surface area contributed by atoms with Crippen LogP contribution in [0.25, 0.3) is 0 Å². The minimum Gasteiger partial charge on any atom is -0.497 e. The minimum absolute atomic E-state index is 0.213. The van der Waals surface area contributed by atoms with Gasteiger partial charge in [0, 0.05) is 17.9 Å². The third-order valence-corrected chi connectivity index (χ3v) is 3.33. The van der Waals surface area contributed by atoms with E-state index in [9.17, 15) is 9.90 Å². The first kappa shape index (κ1) is 14.9. The SMILES string of the molecule is COc1cccc(C(=O)NCC(C)(O)CSC)c1. The van der Waals surface area contributed by atoms with Crippen LogP contribution in [-0.4, -0.2) is 42.3 Å². The van der Waals surface area contributed by atoms with E-state index < -0.39 is 5.60 Å². The van der Waals surface area contributed by atoms with Gasteiger partial charge in [-0.15, -0.1) is 0 Å². The minimum atomic E-state index is -0.895. The van der Waals surface area contributed by atoms with Crippen LogP contribution >= 0.6 is 11.8 Å². The number of amides is 1. The van der Waals surface area contributed by atoms with E-state index in [0.717, 1.165) is 0 Å². The molecule has 5 heteroatoms. The van der Waals surface area contributed by atoms with Gasteiger partial charge in [-0.3, -0.25) is 4.79 Å². The predicted octanol–water partition coefficient (Wildman–Crippen LogP) is 1.54. The first-order valence-electron chi connectivity index (χ1n) is 5.62. The van der Waals surface area contributed by atoms with E-state index in [1.165, 1.54) is 0 Å². The number of hydrogen-bond donors (Lipinski definition) is 2. The molecule has 0 bridgehead atoms. The largest absolute Gasteiger partial charge is 0.497 e. The molecule has 4 nitrogen and oxygen atoms in total. The van der Waals surface area contributed by atoms with E-state index in [2.05, 4.69) is 5.32 Å². The van der Waals surface area contributed by atoms with E-state index in [4.69, 9.17) is 4.74 Å². The highest BCUT2D eigenvalue weighted by molar-refractivity contribution is 7.98. The summed E-state index contributed by atoms with van der Waals surface area (Å²) in [7, 11) is 1.56. The van der Waals surface area contributed by atoms with Gasteiger partial charge in [0.05, 0.1) is 12.7 Å². The Morgan fingerprint density at radius 1 is 1.56 bits per heavy atom. The van der Waals surface area contributed by atoms with Gasteiger partial charge in [0.1, 0.15) is 5.75 Å². The maximum absolute atomic E-state index is 11.9. The molecule has 0 spiro atoms. The van der Waals surface area contributed by atoms with Crippen LogP contribution in [0.3, 0.4) is 0 Å². The smallest absolute Gasteiger partial charge is 0.251 e. The number of nitrogens with one attached hydrogen (secondary N) is 1. The van der Waals surface area contributed by atoms with Crippen molar-refractivity contribution in [3.8, 4) is 5.75 Å². The highest BCUT2D eigenvalue weighted by atomic mass is 32.2. The van der Waals surface area contributed by atoms with Crippen LogP contribution in [0.4, 0.5) is 0 Å². The molecule has 0 aromatic heterocycles. The molecule has 1 rings (SSSR count). The van der Waals surface area contributed by atoms with Gasteiger partial charge in [0.15, 0.2) is 0 Å². The molecule has 0 saturated carbocycles. The van der Waals surface area contributed by atoms with Crippen molar-refractivity contribution in [3.63, 3.8) is 0 Å². The first-order valence-corrected chi connectivity index (χ1v) is 7.01. The Hall–Kier alpha value is -1.20. The molecule has 1 amide bonds. The highest BCUT2D eigenvalue weighted by Crippen LogP contribution is 2.13. The van der Waals surface area contributed by atoms with Crippen LogP contribution in [-0.2, 0) is 0 Å². The van der Waals surface area contributed by atoms with Gasteiger partial charge < -0.3 is 15.2 Å². The van der Waals surface area contributed by atoms with Crippen molar-refractivity contribution >= 4 is 17.7 Å². The molecule has 2 N–H and O–H groups in total. The van der Waals surface area contributed by atoms with Crippen LogP contribution < -0.4 is 10.1 Å². The second-order valence-corrected chi connectivity index (χ2v) is 5.21. The number of carbonyl (C=O) groups excluding carboxylic acids is 1. The molecule has 0 aliphatic heterocycles. The molecule has 1 atom stereocenters. The molecule has 0 saturated heterocycles. The number of ether oxygens (including phenoxy) is 1. The van der Waals surface area contributed by atoms with Crippen molar-refractivity contribution in [2.75, 3.05) is 25.7 Å². The number of aliphatic hydroxyl groups is 1. The van der Waals surface area contributed by atoms with Crippen molar-refractivity contribution in [1.29, 1.82) is 0 Å². The van der Waals surface area contributed by atoms with Gasteiger partial charge in [-0.05, 0) is 31.4 Å². The number of methoxy groups -OCH3 is 1. The van der Waals surface area contributed by atoms with E-state index in [1.807, 2.05) is 6.26 Å². The third kappa shape index (κ3) is 4.58. The molecule has 1 aromatic rings. The summed E-state index contributed by atoms with van der Waals surface area (Å²) in [4.78, 5) is 11.9. The van der Waals surface area contributed by atoms with E-state index in [1.54, 1.807) is 50.1 Å². The fourth-order valence-electron chi connectivity index (χ4n) is 1.50. The lowest BCUT2D eigenvalue weighted by atomic mass is 10.1. The Morgan fingerprint density at radius 2 is 2.28 bits per heavy atom. The van der Waals surface area contributed by atoms with Gasteiger partial charge in [-0.25, -0.2) is 0 Å². The standard InChI is InChI=1S/C13H19NO3S/c1-13(16,9-18-3)8-14-12(15)10-5-4-6-11(7-10)17-2/h4-7,16H,8-9H2,1-3H3,(H,14,15). The van der Waals surface area contributed by atoms with Crippen molar-refractivity contribution in [3.05, 3.63) is 29.8 Å². The molecule has 0 aliphatic rings. The van der Waals surface area contributed by atoms with Gasteiger partial charge in [0.25, 0.3) is 5.91 Å². The lowest BCUT2D eigenvalue weighted by Crippen LogP contribution is -2.42. The molecular weight excluding hydrogens is 250 g/mol. The Morgan fingerprint density at radius 3 is 2.89 bits per heavy atom. The van der Waals surface area contributed by atoms with Crippen molar-refractivity contribution in [2.24, 2.45) is 0 Å². The zero-order valence-corrected chi connectivity index (χ0v) is 11.7. The van der Waals surface area contributed by atoms with Crippen LogP contribution in [0, 0.1) is 0 Å². The molecule has 100 valence electrons. The Kier molecular flexibility index (Phi) is 5.50. The number of rotatable bonds is 6. The number of thioether (sulfide) groups is 1. The Labute approximate surface area is 112 Å². The molecule has 0 aliphatic carbocycles. The summed E-state index contributed by atoms with van der Waals surface area (Å²) in [5.74, 6) is 1.000. The second-order valence-electron chi connectivity index (χ2n) is 4.34. The van der Waals surface area contributed by atoms with Gasteiger partial charge >= 0.3 is 0 Å². The summed E-state index contributed by atoms with van der Waals surface area (Å²) in [6.45, 7) is 1.93. The quantitative estimate of drug-likeness (QED) is 0.822. The molecule has 1 unspecified atom stereocenters. The number of carbonyl (C=O) groups is 1. The normalized spacial score (nSPS) is 13.8. The molecular formula is C13H19NO3S. The summed E-state index contributed by atoms with van der Waals surface area (Å²) in [5.41, 5.74) is -0.372. The molecule has 0 radical (unpaired) electrons. The number of hydrogen-bond acceptors (Lipinski definition) is 4. The maximum atomic E-state index is 11.9. The van der Waals surface area contributed by atoms with Crippen molar-refractivity contribution < 1.29 is 14.6 Å². The molecule has 0 fully saturated rings. The highest BCUT2D eigenvalue weighted by Gasteiger charge is 2.20. The van der Waals surface area contributed by atoms with Gasteiger partial charge in [-0.2, -0.15) is 11.8 Å².